The second-order valence-corrected chi connectivity index (χ2v) is 5.39. The van der Waals surface area contributed by atoms with Gasteiger partial charge < -0.3 is 15.2 Å². The lowest BCUT2D eigenvalue weighted by Gasteiger charge is -2.18. The molecule has 2 heterocycles. The molecule has 2 amide bonds. The lowest BCUT2D eigenvalue weighted by atomic mass is 10.2. The first-order valence-corrected chi connectivity index (χ1v) is 7.19. The molecule has 1 atom stereocenters. The number of anilines is 1. The predicted molar refractivity (Wildman–Crippen MR) is 80.1 cm³/mol. The van der Waals surface area contributed by atoms with Crippen molar-refractivity contribution in [2.75, 3.05) is 11.4 Å². The van der Waals surface area contributed by atoms with Crippen LogP contribution in [0, 0.1) is 18.6 Å². The molecule has 2 N–H and O–H groups in total. The number of H-pyrrole nitrogens is 1. The first-order chi connectivity index (χ1) is 11.0. The van der Waals surface area contributed by atoms with Gasteiger partial charge in [0.1, 0.15) is 23.4 Å². The number of rotatable bonds is 3. The van der Waals surface area contributed by atoms with Crippen molar-refractivity contribution in [1.82, 2.24) is 10.3 Å². The quantitative estimate of drug-likeness (QED) is 0.910. The van der Waals surface area contributed by atoms with Gasteiger partial charge in [0.2, 0.25) is 5.91 Å². The van der Waals surface area contributed by atoms with Gasteiger partial charge >= 0.3 is 0 Å². The van der Waals surface area contributed by atoms with Crippen LogP contribution in [0.5, 0.6) is 0 Å². The third-order valence-corrected chi connectivity index (χ3v) is 3.92. The Kier molecular flexibility index (Phi) is 3.85. The molecule has 0 aliphatic carbocycles. The highest BCUT2D eigenvalue weighted by Crippen LogP contribution is 2.27. The number of para-hydroxylation sites is 1. The SMILES string of the molecule is Cc1[nH]ccc1C(=O)N[C@H]1CCN(c2c(F)cccc2F)C1=O. The van der Waals surface area contributed by atoms with E-state index in [1.165, 1.54) is 6.07 Å². The number of aromatic amines is 1. The van der Waals surface area contributed by atoms with Gasteiger partial charge in [0.15, 0.2) is 0 Å². The van der Waals surface area contributed by atoms with Crippen LogP contribution in [0.2, 0.25) is 0 Å². The highest BCUT2D eigenvalue weighted by Gasteiger charge is 2.36. The van der Waals surface area contributed by atoms with E-state index in [-0.39, 0.29) is 12.2 Å². The molecular weight excluding hydrogens is 304 g/mol. The Morgan fingerprint density at radius 1 is 1.30 bits per heavy atom. The summed E-state index contributed by atoms with van der Waals surface area (Å²) in [5, 5.41) is 2.62. The first kappa shape index (κ1) is 15.2. The minimum Gasteiger partial charge on any atom is -0.365 e. The number of aryl methyl sites for hydroxylation is 1. The molecule has 1 aliphatic heterocycles. The van der Waals surface area contributed by atoms with E-state index in [4.69, 9.17) is 0 Å². The van der Waals surface area contributed by atoms with Crippen LogP contribution in [0.1, 0.15) is 22.5 Å². The van der Waals surface area contributed by atoms with E-state index >= 15 is 0 Å². The molecule has 3 rings (SSSR count). The maximum absolute atomic E-state index is 13.8. The molecule has 0 bridgehead atoms. The van der Waals surface area contributed by atoms with Crippen molar-refractivity contribution in [3.8, 4) is 0 Å². The van der Waals surface area contributed by atoms with Gasteiger partial charge in [-0.25, -0.2) is 8.78 Å². The van der Waals surface area contributed by atoms with Crippen molar-refractivity contribution in [3.63, 3.8) is 0 Å². The molecule has 0 saturated carbocycles. The normalized spacial score (nSPS) is 17.6. The fraction of sp³-hybridized carbons (Fsp3) is 0.250. The van der Waals surface area contributed by atoms with Crippen molar-refractivity contribution < 1.29 is 18.4 Å². The largest absolute Gasteiger partial charge is 0.365 e. The van der Waals surface area contributed by atoms with Crippen molar-refractivity contribution in [1.29, 1.82) is 0 Å². The van der Waals surface area contributed by atoms with E-state index in [2.05, 4.69) is 10.3 Å². The van der Waals surface area contributed by atoms with Gasteiger partial charge in [-0.2, -0.15) is 0 Å². The smallest absolute Gasteiger partial charge is 0.253 e. The van der Waals surface area contributed by atoms with Crippen molar-refractivity contribution >= 4 is 17.5 Å². The second kappa shape index (κ2) is 5.83. The second-order valence-electron chi connectivity index (χ2n) is 5.39. The van der Waals surface area contributed by atoms with Crippen molar-refractivity contribution in [3.05, 3.63) is 53.4 Å². The van der Waals surface area contributed by atoms with Gasteiger partial charge in [-0.1, -0.05) is 6.07 Å². The summed E-state index contributed by atoms with van der Waals surface area (Å²) < 4.78 is 27.6. The molecular formula is C16H15F2N3O2. The number of amides is 2. The average Bonchev–Trinajstić information content (AvgIpc) is 3.07. The summed E-state index contributed by atoms with van der Waals surface area (Å²) in [6.45, 7) is 1.89. The molecule has 23 heavy (non-hydrogen) atoms. The highest BCUT2D eigenvalue weighted by atomic mass is 19.1. The van der Waals surface area contributed by atoms with Crippen molar-refractivity contribution in [2.45, 2.75) is 19.4 Å². The number of carbonyl (C=O) groups excluding carboxylic acids is 2. The molecule has 1 aromatic carbocycles. The Labute approximate surface area is 131 Å². The van der Waals surface area contributed by atoms with Gasteiger partial charge in [0.25, 0.3) is 5.91 Å². The van der Waals surface area contributed by atoms with E-state index in [1.54, 1.807) is 19.2 Å². The topological polar surface area (TPSA) is 65.2 Å². The Morgan fingerprint density at radius 3 is 2.61 bits per heavy atom. The summed E-state index contributed by atoms with van der Waals surface area (Å²) in [6, 6.07) is 4.25. The zero-order chi connectivity index (χ0) is 16.6. The predicted octanol–water partition coefficient (Wildman–Crippen LogP) is 2.14. The highest BCUT2D eigenvalue weighted by molar-refractivity contribution is 6.04. The van der Waals surface area contributed by atoms with Gasteiger partial charge in [-0.15, -0.1) is 0 Å². The summed E-state index contributed by atoms with van der Waals surface area (Å²) in [4.78, 5) is 28.4. The van der Waals surface area contributed by atoms with E-state index in [9.17, 15) is 18.4 Å². The summed E-state index contributed by atoms with van der Waals surface area (Å²) in [5.74, 6) is -2.51. The standard InChI is InChI=1S/C16H15F2N3O2/c1-9-10(5-7-19-9)15(22)20-13-6-8-21(16(13)23)14-11(17)3-2-4-12(14)18/h2-5,7,13,19H,6,8H2,1H3,(H,20,22)/t13-/m0/s1. The molecule has 2 aromatic rings. The number of nitrogens with zero attached hydrogens (tertiary/aromatic N) is 1. The lowest BCUT2D eigenvalue weighted by Crippen LogP contribution is -2.42. The molecule has 0 spiro atoms. The fourth-order valence-corrected chi connectivity index (χ4v) is 2.72. The number of benzene rings is 1. The summed E-state index contributed by atoms with van der Waals surface area (Å²) in [6.07, 6.45) is 1.92. The van der Waals surface area contributed by atoms with E-state index < -0.39 is 29.5 Å². The Morgan fingerprint density at radius 2 is 2.00 bits per heavy atom. The van der Waals surface area contributed by atoms with Crippen LogP contribution < -0.4 is 10.2 Å². The van der Waals surface area contributed by atoms with Gasteiger partial charge in [0, 0.05) is 18.4 Å². The summed E-state index contributed by atoms with van der Waals surface area (Å²) >= 11 is 0. The number of hydrogen-bond donors (Lipinski definition) is 2. The molecule has 1 fully saturated rings. The molecule has 0 unspecified atom stereocenters. The molecule has 1 saturated heterocycles. The zero-order valence-electron chi connectivity index (χ0n) is 12.4. The maximum Gasteiger partial charge on any atom is 0.253 e. The van der Waals surface area contributed by atoms with Crippen molar-refractivity contribution in [2.24, 2.45) is 0 Å². The molecule has 7 heteroatoms. The molecule has 0 radical (unpaired) electrons. The third kappa shape index (κ3) is 2.69. The molecule has 120 valence electrons. The van der Waals surface area contributed by atoms with Gasteiger partial charge in [-0.05, 0) is 31.5 Å². The third-order valence-electron chi connectivity index (χ3n) is 3.92. The number of aromatic nitrogens is 1. The van der Waals surface area contributed by atoms with Crippen LogP contribution in [-0.4, -0.2) is 29.4 Å². The van der Waals surface area contributed by atoms with Crippen LogP contribution in [0.4, 0.5) is 14.5 Å². The zero-order valence-corrected chi connectivity index (χ0v) is 12.4. The Hall–Kier alpha value is -2.70. The maximum atomic E-state index is 13.8. The minimum absolute atomic E-state index is 0.147. The van der Waals surface area contributed by atoms with Crippen LogP contribution in [0.3, 0.4) is 0 Å². The fourth-order valence-electron chi connectivity index (χ4n) is 2.72. The Bertz CT molecular complexity index is 752. The van der Waals surface area contributed by atoms with E-state index in [1.807, 2.05) is 0 Å². The van der Waals surface area contributed by atoms with Crippen LogP contribution in [0.15, 0.2) is 30.5 Å². The number of hydrogen-bond acceptors (Lipinski definition) is 2. The van der Waals surface area contributed by atoms with Crippen LogP contribution >= 0.6 is 0 Å². The molecule has 5 nitrogen and oxygen atoms in total. The van der Waals surface area contributed by atoms with Gasteiger partial charge in [-0.3, -0.25) is 9.59 Å². The minimum atomic E-state index is -0.799. The molecule has 1 aliphatic rings. The van der Waals surface area contributed by atoms with E-state index in [0.717, 1.165) is 17.0 Å². The van der Waals surface area contributed by atoms with E-state index in [0.29, 0.717) is 17.7 Å². The monoisotopic (exact) mass is 319 g/mol. The Balaban J connectivity index is 1.77. The first-order valence-electron chi connectivity index (χ1n) is 7.19. The summed E-state index contributed by atoms with van der Waals surface area (Å²) in [5.41, 5.74) is 0.755. The number of halogens is 2. The van der Waals surface area contributed by atoms with Gasteiger partial charge in [0.05, 0.1) is 5.56 Å². The number of nitrogens with one attached hydrogen (secondary N) is 2. The molecule has 1 aromatic heterocycles. The van der Waals surface area contributed by atoms with Crippen LogP contribution in [-0.2, 0) is 4.79 Å². The lowest BCUT2D eigenvalue weighted by molar-refractivity contribution is -0.118. The average molecular weight is 319 g/mol. The summed E-state index contributed by atoms with van der Waals surface area (Å²) in [7, 11) is 0. The van der Waals surface area contributed by atoms with Crippen LogP contribution in [0.25, 0.3) is 0 Å². The number of carbonyl (C=O) groups is 2.